The van der Waals surface area contributed by atoms with Crippen molar-refractivity contribution >= 4 is 5.97 Å². The molecule has 2 N–H and O–H groups in total. The Morgan fingerprint density at radius 3 is 2.35 bits per heavy atom. The molecule has 1 aromatic rings. The molecule has 0 aliphatic rings. The van der Waals surface area contributed by atoms with Gasteiger partial charge in [0.2, 0.25) is 0 Å². The maximum absolute atomic E-state index is 10.9. The molecule has 0 saturated heterocycles. The summed E-state index contributed by atoms with van der Waals surface area (Å²) in [6, 6.07) is 3.85. The molecule has 0 spiro atoms. The normalized spacial score (nSPS) is 12.8. The molecule has 94 valence electrons. The van der Waals surface area contributed by atoms with Gasteiger partial charge in [-0.25, -0.2) is 0 Å². The second-order valence-electron chi connectivity index (χ2n) is 4.90. The summed E-state index contributed by atoms with van der Waals surface area (Å²) in [5.74, 6) is -0.803. The average Bonchev–Trinajstić information content (AvgIpc) is 2.24. The van der Waals surface area contributed by atoms with Crippen LogP contribution in [0.4, 0.5) is 0 Å². The maximum atomic E-state index is 10.9. The van der Waals surface area contributed by atoms with Crippen molar-refractivity contribution in [2.45, 2.75) is 40.0 Å². The van der Waals surface area contributed by atoms with Gasteiger partial charge in [-0.3, -0.25) is 4.79 Å². The lowest BCUT2D eigenvalue weighted by Gasteiger charge is -2.17. The van der Waals surface area contributed by atoms with Gasteiger partial charge in [0, 0.05) is 0 Å². The lowest BCUT2D eigenvalue weighted by Crippen LogP contribution is -2.14. The number of aliphatic carboxylic acids is 1. The number of benzene rings is 1. The number of hydrogen-bond acceptors (Lipinski definition) is 2. The molecule has 1 atom stereocenters. The van der Waals surface area contributed by atoms with Crippen LogP contribution in [0.25, 0.3) is 0 Å². The van der Waals surface area contributed by atoms with Crippen LogP contribution in [0.2, 0.25) is 0 Å². The summed E-state index contributed by atoms with van der Waals surface area (Å²) in [5.41, 5.74) is 2.60. The van der Waals surface area contributed by atoms with Crippen molar-refractivity contribution in [3.05, 3.63) is 28.8 Å². The quantitative estimate of drug-likeness (QED) is 0.844. The van der Waals surface area contributed by atoms with E-state index in [2.05, 4.69) is 0 Å². The van der Waals surface area contributed by atoms with Crippen LogP contribution in [0.3, 0.4) is 0 Å². The van der Waals surface area contributed by atoms with Crippen LogP contribution in [-0.4, -0.2) is 16.2 Å². The first-order valence-corrected chi connectivity index (χ1v) is 5.88. The Labute approximate surface area is 102 Å². The molecule has 0 aromatic heterocycles. The number of aromatic hydroxyl groups is 1. The molecular weight excluding hydrogens is 216 g/mol. The standard InChI is InChI=1S/C14H20O3/c1-8(2)11-6-5-9(3)13(15)12(11)7-10(4)14(16)17/h5-6,8,10,15H,7H2,1-4H3,(H,16,17). The van der Waals surface area contributed by atoms with Gasteiger partial charge in [-0.15, -0.1) is 0 Å². The van der Waals surface area contributed by atoms with Gasteiger partial charge in [-0.1, -0.05) is 32.9 Å². The average molecular weight is 236 g/mol. The summed E-state index contributed by atoms with van der Waals surface area (Å²) in [5, 5.41) is 19.0. The Balaban J connectivity index is 3.19. The molecule has 1 unspecified atom stereocenters. The number of rotatable bonds is 4. The second kappa shape index (κ2) is 5.21. The molecule has 3 nitrogen and oxygen atoms in total. The van der Waals surface area contributed by atoms with Gasteiger partial charge in [-0.2, -0.15) is 0 Å². The molecule has 0 radical (unpaired) electrons. The zero-order valence-corrected chi connectivity index (χ0v) is 10.8. The lowest BCUT2D eigenvalue weighted by molar-refractivity contribution is -0.141. The summed E-state index contributed by atoms with van der Waals surface area (Å²) in [4.78, 5) is 10.9. The summed E-state index contributed by atoms with van der Waals surface area (Å²) < 4.78 is 0. The van der Waals surface area contributed by atoms with Crippen molar-refractivity contribution in [1.29, 1.82) is 0 Å². The molecule has 0 amide bonds. The first kappa shape index (κ1) is 13.6. The number of phenols is 1. The van der Waals surface area contributed by atoms with E-state index in [4.69, 9.17) is 5.11 Å². The number of aryl methyl sites for hydroxylation is 1. The Hall–Kier alpha value is -1.51. The molecule has 0 fully saturated rings. The summed E-state index contributed by atoms with van der Waals surface area (Å²) in [6.07, 6.45) is 0.371. The number of carboxylic acids is 1. The lowest BCUT2D eigenvalue weighted by atomic mass is 9.89. The summed E-state index contributed by atoms with van der Waals surface area (Å²) in [6.45, 7) is 7.57. The Kier molecular flexibility index (Phi) is 4.16. The molecule has 0 saturated carbocycles. The molecular formula is C14H20O3. The molecule has 0 aliphatic carbocycles. The van der Waals surface area contributed by atoms with Crippen LogP contribution < -0.4 is 0 Å². The fourth-order valence-electron chi connectivity index (χ4n) is 1.92. The third-order valence-electron chi connectivity index (χ3n) is 3.07. The topological polar surface area (TPSA) is 57.5 Å². The summed E-state index contributed by atoms with van der Waals surface area (Å²) >= 11 is 0. The van der Waals surface area contributed by atoms with Crippen LogP contribution in [0, 0.1) is 12.8 Å². The highest BCUT2D eigenvalue weighted by Gasteiger charge is 2.19. The van der Waals surface area contributed by atoms with Gasteiger partial charge in [0.25, 0.3) is 0 Å². The molecule has 3 heteroatoms. The van der Waals surface area contributed by atoms with E-state index in [-0.39, 0.29) is 11.7 Å². The van der Waals surface area contributed by atoms with E-state index < -0.39 is 11.9 Å². The van der Waals surface area contributed by atoms with E-state index in [9.17, 15) is 9.90 Å². The third-order valence-corrected chi connectivity index (χ3v) is 3.07. The van der Waals surface area contributed by atoms with E-state index in [0.29, 0.717) is 6.42 Å². The smallest absolute Gasteiger partial charge is 0.306 e. The van der Waals surface area contributed by atoms with E-state index >= 15 is 0 Å². The zero-order valence-electron chi connectivity index (χ0n) is 10.8. The Bertz CT molecular complexity index is 422. The minimum atomic E-state index is -0.833. The monoisotopic (exact) mass is 236 g/mol. The van der Waals surface area contributed by atoms with Crippen LogP contribution in [-0.2, 0) is 11.2 Å². The number of carbonyl (C=O) groups is 1. The molecule has 0 heterocycles. The van der Waals surface area contributed by atoms with E-state index in [0.717, 1.165) is 16.7 Å². The largest absolute Gasteiger partial charge is 0.507 e. The first-order chi connectivity index (χ1) is 7.84. The predicted octanol–water partition coefficient (Wildman–Crippen LogP) is 3.09. The number of phenolic OH excluding ortho intramolecular Hbond substituents is 1. The van der Waals surface area contributed by atoms with Gasteiger partial charge < -0.3 is 10.2 Å². The van der Waals surface area contributed by atoms with Crippen molar-refractivity contribution in [2.75, 3.05) is 0 Å². The second-order valence-corrected chi connectivity index (χ2v) is 4.90. The van der Waals surface area contributed by atoms with Gasteiger partial charge >= 0.3 is 5.97 Å². The van der Waals surface area contributed by atoms with Crippen molar-refractivity contribution in [3.8, 4) is 5.75 Å². The van der Waals surface area contributed by atoms with Crippen LogP contribution in [0.5, 0.6) is 5.75 Å². The maximum Gasteiger partial charge on any atom is 0.306 e. The number of carboxylic acid groups (broad SMARTS) is 1. The molecule has 1 rings (SSSR count). The molecule has 17 heavy (non-hydrogen) atoms. The van der Waals surface area contributed by atoms with Crippen molar-refractivity contribution < 1.29 is 15.0 Å². The highest BCUT2D eigenvalue weighted by Crippen LogP contribution is 2.32. The van der Waals surface area contributed by atoms with E-state index in [1.165, 1.54) is 0 Å². The third kappa shape index (κ3) is 2.99. The van der Waals surface area contributed by atoms with Gasteiger partial charge in [0.05, 0.1) is 5.92 Å². The fraction of sp³-hybridized carbons (Fsp3) is 0.500. The highest BCUT2D eigenvalue weighted by atomic mass is 16.4. The predicted molar refractivity (Wildman–Crippen MR) is 67.4 cm³/mol. The van der Waals surface area contributed by atoms with Gasteiger partial charge in [-0.05, 0) is 36.0 Å². The van der Waals surface area contributed by atoms with Gasteiger partial charge in [0.1, 0.15) is 5.75 Å². The Morgan fingerprint density at radius 1 is 1.29 bits per heavy atom. The minimum absolute atomic E-state index is 0.240. The SMILES string of the molecule is Cc1ccc(C(C)C)c(CC(C)C(=O)O)c1O. The first-order valence-electron chi connectivity index (χ1n) is 5.88. The van der Waals surface area contributed by atoms with Crippen molar-refractivity contribution in [1.82, 2.24) is 0 Å². The van der Waals surface area contributed by atoms with E-state index in [1.807, 2.05) is 32.9 Å². The van der Waals surface area contributed by atoms with Gasteiger partial charge in [0.15, 0.2) is 0 Å². The number of hydrogen-bond donors (Lipinski definition) is 2. The highest BCUT2D eigenvalue weighted by molar-refractivity contribution is 5.70. The molecule has 1 aromatic carbocycles. The van der Waals surface area contributed by atoms with Crippen LogP contribution in [0.1, 0.15) is 43.4 Å². The van der Waals surface area contributed by atoms with Crippen molar-refractivity contribution in [2.24, 2.45) is 5.92 Å². The fourth-order valence-corrected chi connectivity index (χ4v) is 1.92. The van der Waals surface area contributed by atoms with Crippen molar-refractivity contribution in [3.63, 3.8) is 0 Å². The zero-order chi connectivity index (χ0) is 13.2. The molecule has 0 bridgehead atoms. The van der Waals surface area contributed by atoms with Crippen LogP contribution >= 0.6 is 0 Å². The van der Waals surface area contributed by atoms with E-state index in [1.54, 1.807) is 6.92 Å². The van der Waals surface area contributed by atoms with Crippen LogP contribution in [0.15, 0.2) is 12.1 Å². The minimum Gasteiger partial charge on any atom is -0.507 e. The Morgan fingerprint density at radius 2 is 1.88 bits per heavy atom. The summed E-state index contributed by atoms with van der Waals surface area (Å²) in [7, 11) is 0. The molecule has 0 aliphatic heterocycles.